The van der Waals surface area contributed by atoms with Crippen LogP contribution in [0.15, 0.2) is 36.4 Å². The summed E-state index contributed by atoms with van der Waals surface area (Å²) in [6, 6.07) is 12.0. The van der Waals surface area contributed by atoms with E-state index in [4.69, 9.17) is 25.8 Å². The number of benzene rings is 2. The highest BCUT2D eigenvalue weighted by molar-refractivity contribution is 6.30. The Morgan fingerprint density at radius 1 is 1.27 bits per heavy atom. The molecule has 0 radical (unpaired) electrons. The zero-order valence-corrected chi connectivity index (χ0v) is 13.3. The Bertz CT molecular complexity index is 675. The first-order chi connectivity index (χ1) is 10.7. The van der Waals surface area contributed by atoms with E-state index >= 15 is 0 Å². The lowest BCUT2D eigenvalue weighted by Gasteiger charge is -2.15. The van der Waals surface area contributed by atoms with Gasteiger partial charge in [-0.15, -0.1) is 0 Å². The predicted molar refractivity (Wildman–Crippen MR) is 85.8 cm³/mol. The molecule has 5 heteroatoms. The second kappa shape index (κ2) is 6.46. The van der Waals surface area contributed by atoms with Gasteiger partial charge in [0.05, 0.1) is 7.11 Å². The van der Waals surface area contributed by atoms with Crippen LogP contribution in [0.5, 0.6) is 17.2 Å². The number of hydrogen-bond donors (Lipinski definition) is 1. The van der Waals surface area contributed by atoms with Gasteiger partial charge in [-0.05, 0) is 42.3 Å². The smallest absolute Gasteiger partial charge is 0.231 e. The second-order valence-electron chi connectivity index (χ2n) is 5.19. The van der Waals surface area contributed by atoms with Crippen molar-refractivity contribution >= 4 is 11.6 Å². The number of methoxy groups -OCH3 is 1. The molecular formula is C17H18ClNO3. The summed E-state index contributed by atoms with van der Waals surface area (Å²) in [7, 11) is 1.63. The van der Waals surface area contributed by atoms with Crippen LogP contribution in [0.2, 0.25) is 5.02 Å². The van der Waals surface area contributed by atoms with Crippen molar-refractivity contribution in [1.29, 1.82) is 0 Å². The topological polar surface area (TPSA) is 39.7 Å². The van der Waals surface area contributed by atoms with Gasteiger partial charge in [0.25, 0.3) is 0 Å². The number of nitrogens with one attached hydrogen (secondary N) is 1. The van der Waals surface area contributed by atoms with E-state index in [0.717, 1.165) is 21.9 Å². The van der Waals surface area contributed by atoms with Gasteiger partial charge in [0.2, 0.25) is 12.5 Å². The Kier molecular flexibility index (Phi) is 4.41. The molecule has 1 aliphatic rings. The Hall–Kier alpha value is -1.91. The van der Waals surface area contributed by atoms with Crippen molar-refractivity contribution in [1.82, 2.24) is 5.32 Å². The standard InChI is InChI=1S/C17H18ClNO3/c1-11(13-4-3-5-14(18)8-13)19-9-12-6-15(20-2)17-16(7-12)21-10-22-17/h3-8,11,19H,9-10H2,1-2H3. The molecule has 0 saturated carbocycles. The molecule has 1 unspecified atom stereocenters. The van der Waals surface area contributed by atoms with Crippen molar-refractivity contribution in [2.24, 2.45) is 0 Å². The van der Waals surface area contributed by atoms with E-state index in [-0.39, 0.29) is 12.8 Å². The highest BCUT2D eigenvalue weighted by atomic mass is 35.5. The van der Waals surface area contributed by atoms with Crippen LogP contribution in [0.1, 0.15) is 24.1 Å². The third-order valence-corrected chi connectivity index (χ3v) is 3.91. The van der Waals surface area contributed by atoms with Gasteiger partial charge < -0.3 is 19.5 Å². The van der Waals surface area contributed by atoms with Gasteiger partial charge in [0.1, 0.15) is 0 Å². The normalized spacial score (nSPS) is 14.0. The maximum Gasteiger partial charge on any atom is 0.231 e. The first-order valence-corrected chi connectivity index (χ1v) is 7.50. The number of halogens is 1. The van der Waals surface area contributed by atoms with E-state index < -0.39 is 0 Å². The fraction of sp³-hybridized carbons (Fsp3) is 0.294. The minimum atomic E-state index is 0.190. The highest BCUT2D eigenvalue weighted by Crippen LogP contribution is 2.41. The predicted octanol–water partition coefficient (Wildman–Crippen LogP) is 3.93. The number of fused-ring (bicyclic) bond motifs is 1. The number of rotatable bonds is 5. The van der Waals surface area contributed by atoms with Crippen LogP contribution >= 0.6 is 11.6 Å². The molecule has 0 bridgehead atoms. The minimum Gasteiger partial charge on any atom is -0.493 e. The quantitative estimate of drug-likeness (QED) is 0.906. The summed E-state index contributed by atoms with van der Waals surface area (Å²) in [4.78, 5) is 0. The summed E-state index contributed by atoms with van der Waals surface area (Å²) in [6.45, 7) is 3.04. The summed E-state index contributed by atoms with van der Waals surface area (Å²) in [5.74, 6) is 2.10. The Labute approximate surface area is 135 Å². The molecule has 0 saturated heterocycles. The lowest BCUT2D eigenvalue weighted by molar-refractivity contribution is 0.171. The summed E-state index contributed by atoms with van der Waals surface area (Å²) in [5.41, 5.74) is 2.23. The Morgan fingerprint density at radius 3 is 2.91 bits per heavy atom. The van der Waals surface area contributed by atoms with Crippen LogP contribution in [0.4, 0.5) is 0 Å². The monoisotopic (exact) mass is 319 g/mol. The molecule has 0 fully saturated rings. The average Bonchev–Trinajstić information content (AvgIpc) is 3.00. The van der Waals surface area contributed by atoms with Gasteiger partial charge in [0, 0.05) is 17.6 Å². The molecule has 2 aromatic carbocycles. The van der Waals surface area contributed by atoms with Crippen LogP contribution in [0.3, 0.4) is 0 Å². The van der Waals surface area contributed by atoms with Gasteiger partial charge >= 0.3 is 0 Å². The summed E-state index contributed by atoms with van der Waals surface area (Å²) < 4.78 is 16.2. The largest absolute Gasteiger partial charge is 0.493 e. The van der Waals surface area contributed by atoms with Crippen LogP contribution in [-0.4, -0.2) is 13.9 Å². The van der Waals surface area contributed by atoms with E-state index in [1.165, 1.54) is 0 Å². The van der Waals surface area contributed by atoms with E-state index in [2.05, 4.69) is 18.3 Å². The number of ether oxygens (including phenoxy) is 3. The molecular weight excluding hydrogens is 302 g/mol. The van der Waals surface area contributed by atoms with Crippen LogP contribution in [0.25, 0.3) is 0 Å². The molecule has 0 spiro atoms. The fourth-order valence-electron chi connectivity index (χ4n) is 2.45. The summed E-state index contributed by atoms with van der Waals surface area (Å²) in [6.07, 6.45) is 0. The molecule has 0 aromatic heterocycles. The van der Waals surface area contributed by atoms with Crippen LogP contribution in [-0.2, 0) is 6.54 Å². The van der Waals surface area contributed by atoms with E-state index in [1.807, 2.05) is 30.3 Å². The first kappa shape index (κ1) is 15.0. The van der Waals surface area contributed by atoms with Gasteiger partial charge in [-0.25, -0.2) is 0 Å². The third-order valence-electron chi connectivity index (χ3n) is 3.68. The molecule has 1 N–H and O–H groups in total. The van der Waals surface area contributed by atoms with Gasteiger partial charge in [-0.2, -0.15) is 0 Å². The molecule has 0 aliphatic carbocycles. The fourth-order valence-corrected chi connectivity index (χ4v) is 2.65. The van der Waals surface area contributed by atoms with Gasteiger partial charge in [0.15, 0.2) is 11.5 Å². The van der Waals surface area contributed by atoms with Gasteiger partial charge in [-0.1, -0.05) is 23.7 Å². The van der Waals surface area contributed by atoms with Crippen molar-refractivity contribution in [2.75, 3.05) is 13.9 Å². The molecule has 116 valence electrons. The zero-order valence-electron chi connectivity index (χ0n) is 12.6. The third kappa shape index (κ3) is 3.13. The molecule has 0 amide bonds. The zero-order chi connectivity index (χ0) is 15.5. The molecule has 1 heterocycles. The van der Waals surface area contributed by atoms with Crippen molar-refractivity contribution in [3.05, 3.63) is 52.5 Å². The van der Waals surface area contributed by atoms with Crippen molar-refractivity contribution in [3.8, 4) is 17.2 Å². The van der Waals surface area contributed by atoms with Crippen LogP contribution < -0.4 is 19.5 Å². The molecule has 1 aliphatic heterocycles. The maximum absolute atomic E-state index is 6.03. The summed E-state index contributed by atoms with van der Waals surface area (Å²) >= 11 is 6.03. The Balaban J connectivity index is 1.71. The van der Waals surface area contributed by atoms with E-state index in [0.29, 0.717) is 18.0 Å². The molecule has 22 heavy (non-hydrogen) atoms. The van der Waals surface area contributed by atoms with E-state index in [9.17, 15) is 0 Å². The average molecular weight is 320 g/mol. The minimum absolute atomic E-state index is 0.190. The molecule has 3 rings (SSSR count). The molecule has 2 aromatic rings. The van der Waals surface area contributed by atoms with Gasteiger partial charge in [-0.3, -0.25) is 0 Å². The van der Waals surface area contributed by atoms with E-state index in [1.54, 1.807) is 7.11 Å². The van der Waals surface area contributed by atoms with Crippen molar-refractivity contribution < 1.29 is 14.2 Å². The van der Waals surface area contributed by atoms with Crippen molar-refractivity contribution in [2.45, 2.75) is 19.5 Å². The lowest BCUT2D eigenvalue weighted by atomic mass is 10.1. The van der Waals surface area contributed by atoms with Crippen molar-refractivity contribution in [3.63, 3.8) is 0 Å². The second-order valence-corrected chi connectivity index (χ2v) is 5.63. The molecule has 1 atom stereocenters. The first-order valence-electron chi connectivity index (χ1n) is 7.12. The SMILES string of the molecule is COc1cc(CNC(C)c2cccc(Cl)c2)cc2c1OCO2. The summed E-state index contributed by atoms with van der Waals surface area (Å²) in [5, 5.41) is 4.22. The maximum atomic E-state index is 6.03. The lowest BCUT2D eigenvalue weighted by Crippen LogP contribution is -2.18. The van der Waals surface area contributed by atoms with Crippen LogP contribution in [0, 0.1) is 0 Å². The highest BCUT2D eigenvalue weighted by Gasteiger charge is 2.20. The molecule has 4 nitrogen and oxygen atoms in total. The Morgan fingerprint density at radius 2 is 2.14 bits per heavy atom. The number of hydrogen-bond acceptors (Lipinski definition) is 4.